The molecule has 0 saturated heterocycles. The second kappa shape index (κ2) is 10.9. The van der Waals surface area contributed by atoms with Crippen LogP contribution in [0.2, 0.25) is 0 Å². The molecule has 2 aromatic rings. The number of carbonyl (C=O) groups excluding carboxylic acids is 2. The van der Waals surface area contributed by atoms with E-state index in [2.05, 4.69) is 5.10 Å². The van der Waals surface area contributed by atoms with Crippen LogP contribution in [-0.2, 0) is 14.3 Å². The first-order valence-corrected chi connectivity index (χ1v) is 10.5. The van der Waals surface area contributed by atoms with Gasteiger partial charge in [-0.1, -0.05) is 37.3 Å². The molecule has 0 unspecified atom stereocenters. The van der Waals surface area contributed by atoms with E-state index in [4.69, 9.17) is 9.47 Å². The van der Waals surface area contributed by atoms with E-state index in [0.717, 1.165) is 5.56 Å². The van der Waals surface area contributed by atoms with Crippen molar-refractivity contribution in [3.05, 3.63) is 65.5 Å². The van der Waals surface area contributed by atoms with Crippen molar-refractivity contribution >= 4 is 17.5 Å². The van der Waals surface area contributed by atoms with Crippen LogP contribution < -0.4 is 4.74 Å². The number of hydrazone groups is 1. The number of nitrogens with zero attached hydrogens (tertiary/aromatic N) is 3. The minimum absolute atomic E-state index is 0.128. The van der Waals surface area contributed by atoms with Gasteiger partial charge < -0.3 is 14.4 Å². The zero-order chi connectivity index (χ0) is 23.1. The smallest absolute Gasteiger partial charge is 0.262 e. The predicted octanol–water partition coefficient (Wildman–Crippen LogP) is 3.40. The van der Waals surface area contributed by atoms with Gasteiger partial charge in [-0.3, -0.25) is 9.59 Å². The van der Waals surface area contributed by atoms with Crippen molar-refractivity contribution in [1.29, 1.82) is 0 Å². The topological polar surface area (TPSA) is 71.4 Å². The molecule has 0 N–H and O–H groups in total. The van der Waals surface area contributed by atoms with Crippen LogP contribution in [0.25, 0.3) is 0 Å². The Morgan fingerprint density at radius 2 is 1.88 bits per heavy atom. The number of hydrogen-bond donors (Lipinski definition) is 0. The Labute approximate surface area is 187 Å². The molecular formula is C24H28FN3O4. The Morgan fingerprint density at radius 1 is 1.16 bits per heavy atom. The van der Waals surface area contributed by atoms with Crippen LogP contribution in [-0.4, -0.2) is 61.4 Å². The Bertz CT molecular complexity index is 977. The molecular weight excluding hydrogens is 413 g/mol. The first-order chi connectivity index (χ1) is 15.5. The van der Waals surface area contributed by atoms with Gasteiger partial charge >= 0.3 is 0 Å². The molecule has 1 aliphatic rings. The third-order valence-corrected chi connectivity index (χ3v) is 5.40. The van der Waals surface area contributed by atoms with Gasteiger partial charge in [0.1, 0.15) is 18.1 Å². The molecule has 1 aliphatic heterocycles. The maximum atomic E-state index is 14.4. The highest BCUT2D eigenvalue weighted by Gasteiger charge is 2.35. The molecule has 2 aromatic carbocycles. The summed E-state index contributed by atoms with van der Waals surface area (Å²) in [5.41, 5.74) is 1.70. The van der Waals surface area contributed by atoms with E-state index in [1.807, 2.05) is 24.3 Å². The molecule has 0 radical (unpaired) electrons. The lowest BCUT2D eigenvalue weighted by molar-refractivity contribution is -0.141. The van der Waals surface area contributed by atoms with E-state index in [0.29, 0.717) is 36.6 Å². The summed E-state index contributed by atoms with van der Waals surface area (Å²) < 4.78 is 24.7. The molecule has 170 valence electrons. The number of halogens is 1. The van der Waals surface area contributed by atoms with Crippen molar-refractivity contribution < 1.29 is 23.5 Å². The number of hydrogen-bond acceptors (Lipinski definition) is 5. The third-order valence-electron chi connectivity index (χ3n) is 5.40. The maximum Gasteiger partial charge on any atom is 0.262 e. The first-order valence-electron chi connectivity index (χ1n) is 10.5. The van der Waals surface area contributed by atoms with E-state index in [1.165, 1.54) is 16.0 Å². The van der Waals surface area contributed by atoms with Gasteiger partial charge in [0.15, 0.2) is 0 Å². The van der Waals surface area contributed by atoms with Crippen molar-refractivity contribution in [2.75, 3.05) is 33.9 Å². The lowest BCUT2D eigenvalue weighted by Gasteiger charge is -2.26. The van der Waals surface area contributed by atoms with E-state index >= 15 is 0 Å². The Kier molecular flexibility index (Phi) is 7.94. The molecule has 1 atom stereocenters. The monoisotopic (exact) mass is 441 g/mol. The van der Waals surface area contributed by atoms with Crippen LogP contribution in [0.5, 0.6) is 5.75 Å². The van der Waals surface area contributed by atoms with Gasteiger partial charge in [0.05, 0.1) is 25.5 Å². The highest BCUT2D eigenvalue weighted by atomic mass is 19.1. The van der Waals surface area contributed by atoms with Crippen LogP contribution in [0.15, 0.2) is 53.6 Å². The summed E-state index contributed by atoms with van der Waals surface area (Å²) >= 11 is 0. The lowest BCUT2D eigenvalue weighted by atomic mass is 9.98. The Balaban J connectivity index is 1.91. The maximum absolute atomic E-state index is 14.4. The summed E-state index contributed by atoms with van der Waals surface area (Å²) in [5.74, 6) is -0.181. The summed E-state index contributed by atoms with van der Waals surface area (Å²) in [6.45, 7) is 2.25. The summed E-state index contributed by atoms with van der Waals surface area (Å²) in [4.78, 5) is 27.1. The largest absolute Gasteiger partial charge is 0.497 e. The third kappa shape index (κ3) is 5.31. The molecule has 32 heavy (non-hydrogen) atoms. The molecule has 0 saturated carbocycles. The summed E-state index contributed by atoms with van der Waals surface area (Å²) in [7, 11) is 3.13. The minimum atomic E-state index is -0.413. The summed E-state index contributed by atoms with van der Waals surface area (Å²) in [6.07, 6.45) is 0.640. The zero-order valence-corrected chi connectivity index (χ0v) is 18.6. The van der Waals surface area contributed by atoms with Crippen molar-refractivity contribution in [3.8, 4) is 5.75 Å². The average molecular weight is 442 g/mol. The fraction of sp³-hybridized carbons (Fsp3) is 0.375. The van der Waals surface area contributed by atoms with Crippen LogP contribution in [0, 0.1) is 5.82 Å². The fourth-order valence-electron chi connectivity index (χ4n) is 3.64. The van der Waals surface area contributed by atoms with Gasteiger partial charge in [-0.05, 0) is 23.8 Å². The van der Waals surface area contributed by atoms with E-state index in [-0.39, 0.29) is 24.8 Å². The second-order valence-corrected chi connectivity index (χ2v) is 7.42. The first kappa shape index (κ1) is 23.4. The van der Waals surface area contributed by atoms with Crippen molar-refractivity contribution in [3.63, 3.8) is 0 Å². The summed E-state index contributed by atoms with van der Waals surface area (Å²) in [5, 5.41) is 5.87. The number of benzene rings is 2. The van der Waals surface area contributed by atoms with Crippen molar-refractivity contribution in [2.24, 2.45) is 5.10 Å². The number of methoxy groups -OCH3 is 2. The Hall–Kier alpha value is -3.26. The average Bonchev–Trinajstić information content (AvgIpc) is 3.26. The fourth-order valence-corrected chi connectivity index (χ4v) is 3.64. The van der Waals surface area contributed by atoms with Gasteiger partial charge in [0.2, 0.25) is 5.91 Å². The number of carbonyl (C=O) groups is 2. The quantitative estimate of drug-likeness (QED) is 0.598. The molecule has 0 fully saturated rings. The highest BCUT2D eigenvalue weighted by molar-refractivity contribution is 6.03. The highest BCUT2D eigenvalue weighted by Crippen LogP contribution is 2.34. The van der Waals surface area contributed by atoms with Gasteiger partial charge in [-0.2, -0.15) is 5.10 Å². The molecule has 0 aromatic heterocycles. The van der Waals surface area contributed by atoms with Crippen molar-refractivity contribution in [1.82, 2.24) is 9.91 Å². The molecule has 0 bridgehead atoms. The molecule has 0 spiro atoms. The van der Waals surface area contributed by atoms with Gasteiger partial charge in [-0.25, -0.2) is 9.40 Å². The van der Waals surface area contributed by atoms with Gasteiger partial charge in [0.25, 0.3) is 5.91 Å². The van der Waals surface area contributed by atoms with Crippen LogP contribution in [0.4, 0.5) is 4.39 Å². The molecule has 2 amide bonds. The van der Waals surface area contributed by atoms with E-state index < -0.39 is 11.9 Å². The van der Waals surface area contributed by atoms with Crippen LogP contribution >= 0.6 is 0 Å². The SMILES string of the molecule is CCC(=O)N(CCOC)CC(=O)N1N=C(c2ccccc2F)C[C@@H]1c1ccc(OC)cc1. The number of amides is 2. The van der Waals surface area contributed by atoms with E-state index in [9.17, 15) is 14.0 Å². The number of rotatable bonds is 9. The second-order valence-electron chi connectivity index (χ2n) is 7.42. The molecule has 1 heterocycles. The minimum Gasteiger partial charge on any atom is -0.497 e. The van der Waals surface area contributed by atoms with Gasteiger partial charge in [0, 0.05) is 32.1 Å². The predicted molar refractivity (Wildman–Crippen MR) is 119 cm³/mol. The lowest BCUT2D eigenvalue weighted by Crippen LogP contribution is -2.42. The van der Waals surface area contributed by atoms with Crippen LogP contribution in [0.1, 0.15) is 36.9 Å². The molecule has 0 aliphatic carbocycles. The standard InChI is InChI=1S/C24H28FN3O4/c1-4-23(29)27(13-14-31-2)16-24(30)28-22(17-9-11-18(32-3)12-10-17)15-21(26-28)19-7-5-6-8-20(19)25/h5-12,22H,4,13-16H2,1-3H3/t22-/m1/s1. The molecule has 7 nitrogen and oxygen atoms in total. The zero-order valence-electron chi connectivity index (χ0n) is 18.6. The van der Waals surface area contributed by atoms with Gasteiger partial charge in [-0.15, -0.1) is 0 Å². The molecule has 3 rings (SSSR count). The molecule has 8 heteroatoms. The Morgan fingerprint density at radius 3 is 2.50 bits per heavy atom. The number of ether oxygens (including phenoxy) is 2. The van der Waals surface area contributed by atoms with Crippen LogP contribution in [0.3, 0.4) is 0 Å². The van der Waals surface area contributed by atoms with E-state index in [1.54, 1.807) is 39.3 Å². The van der Waals surface area contributed by atoms with Crippen molar-refractivity contribution in [2.45, 2.75) is 25.8 Å². The normalized spacial score (nSPS) is 15.4. The summed E-state index contributed by atoms with van der Waals surface area (Å²) in [6, 6.07) is 13.3.